The summed E-state index contributed by atoms with van der Waals surface area (Å²) in [5.41, 5.74) is 9.00. The average Bonchev–Trinajstić information content (AvgIpc) is 2.35. The molecule has 0 aliphatic rings. The van der Waals surface area contributed by atoms with Crippen LogP contribution in [0.3, 0.4) is 0 Å². The van der Waals surface area contributed by atoms with E-state index < -0.39 is 0 Å². The molecule has 2 aromatic rings. The molecule has 0 amide bonds. The number of aryl methyl sites for hydroxylation is 1. The molecule has 0 atom stereocenters. The van der Waals surface area contributed by atoms with E-state index in [0.29, 0.717) is 0 Å². The summed E-state index contributed by atoms with van der Waals surface area (Å²) >= 11 is 3.49. The highest BCUT2D eigenvalue weighted by Gasteiger charge is 2.14. The Hall–Kier alpha value is -1.48. The zero-order valence-corrected chi connectivity index (χ0v) is 13.9. The molecule has 2 N–H and O–H groups in total. The third-order valence-corrected chi connectivity index (χ3v) is 3.87. The number of benzene rings is 2. The van der Waals surface area contributed by atoms with Crippen molar-refractivity contribution in [1.82, 2.24) is 0 Å². The molecule has 3 heteroatoms. The summed E-state index contributed by atoms with van der Waals surface area (Å²) in [5, 5.41) is 0. The zero-order chi connectivity index (χ0) is 14.9. The summed E-state index contributed by atoms with van der Waals surface area (Å²) in [4.78, 5) is 0. The first-order valence-corrected chi connectivity index (χ1v) is 7.40. The number of nitrogen functional groups attached to an aromatic ring is 1. The van der Waals surface area contributed by atoms with Crippen LogP contribution in [0.15, 0.2) is 40.9 Å². The Labute approximate surface area is 129 Å². The summed E-state index contributed by atoms with van der Waals surface area (Å²) in [6.45, 7) is 8.54. The summed E-state index contributed by atoms with van der Waals surface area (Å²) in [5.74, 6) is 1.62. The van der Waals surface area contributed by atoms with Crippen LogP contribution in [0.25, 0.3) is 0 Å². The first kappa shape index (κ1) is 14.9. The van der Waals surface area contributed by atoms with Crippen LogP contribution in [0.4, 0.5) is 5.69 Å². The lowest BCUT2D eigenvalue weighted by atomic mass is 9.87. The van der Waals surface area contributed by atoms with Gasteiger partial charge in [0.05, 0.1) is 4.47 Å². The average molecular weight is 334 g/mol. The molecule has 0 fully saturated rings. The number of anilines is 1. The second-order valence-corrected chi connectivity index (χ2v) is 6.87. The van der Waals surface area contributed by atoms with E-state index in [1.54, 1.807) is 0 Å². The quantitative estimate of drug-likeness (QED) is 0.743. The minimum atomic E-state index is 0.105. The highest BCUT2D eigenvalue weighted by molar-refractivity contribution is 9.10. The lowest BCUT2D eigenvalue weighted by molar-refractivity contribution is 0.475. The van der Waals surface area contributed by atoms with Crippen LogP contribution in [0.2, 0.25) is 0 Å². The molecule has 0 unspecified atom stereocenters. The maximum absolute atomic E-state index is 5.98. The van der Waals surface area contributed by atoms with Crippen molar-refractivity contribution in [2.24, 2.45) is 0 Å². The number of halogens is 1. The normalized spacial score (nSPS) is 11.4. The molecule has 2 rings (SSSR count). The molecule has 0 bridgehead atoms. The Bertz CT molecular complexity index is 629. The predicted molar refractivity (Wildman–Crippen MR) is 88.5 cm³/mol. The molecular formula is C17H20BrNO. The van der Waals surface area contributed by atoms with Crippen LogP contribution < -0.4 is 10.5 Å². The van der Waals surface area contributed by atoms with Gasteiger partial charge in [0, 0.05) is 5.69 Å². The fraction of sp³-hybridized carbons (Fsp3) is 0.294. The molecule has 106 valence electrons. The maximum Gasteiger partial charge on any atom is 0.142 e. The molecule has 0 aliphatic heterocycles. The first-order valence-electron chi connectivity index (χ1n) is 6.61. The van der Waals surface area contributed by atoms with Gasteiger partial charge in [0.1, 0.15) is 11.5 Å². The molecule has 2 aromatic carbocycles. The van der Waals surface area contributed by atoms with E-state index in [9.17, 15) is 0 Å². The van der Waals surface area contributed by atoms with Gasteiger partial charge in [-0.15, -0.1) is 0 Å². The Morgan fingerprint density at radius 1 is 1.10 bits per heavy atom. The fourth-order valence-corrected chi connectivity index (χ4v) is 2.34. The van der Waals surface area contributed by atoms with Gasteiger partial charge in [0.2, 0.25) is 0 Å². The third-order valence-electron chi connectivity index (χ3n) is 3.25. The molecular weight excluding hydrogens is 314 g/mol. The number of rotatable bonds is 2. The maximum atomic E-state index is 5.98. The smallest absolute Gasteiger partial charge is 0.142 e. The molecule has 0 aliphatic carbocycles. The van der Waals surface area contributed by atoms with Crippen molar-refractivity contribution in [2.45, 2.75) is 33.1 Å². The van der Waals surface area contributed by atoms with Gasteiger partial charge in [-0.25, -0.2) is 0 Å². The van der Waals surface area contributed by atoms with Crippen molar-refractivity contribution >= 4 is 21.6 Å². The summed E-state index contributed by atoms with van der Waals surface area (Å²) in [6.07, 6.45) is 0. The summed E-state index contributed by atoms with van der Waals surface area (Å²) in [7, 11) is 0. The van der Waals surface area contributed by atoms with E-state index in [0.717, 1.165) is 27.2 Å². The minimum Gasteiger partial charge on any atom is -0.456 e. The van der Waals surface area contributed by atoms with Gasteiger partial charge in [-0.1, -0.05) is 32.9 Å². The monoisotopic (exact) mass is 333 g/mol. The van der Waals surface area contributed by atoms with E-state index >= 15 is 0 Å². The van der Waals surface area contributed by atoms with Crippen LogP contribution >= 0.6 is 15.9 Å². The van der Waals surface area contributed by atoms with Crippen LogP contribution in [0.5, 0.6) is 11.5 Å². The molecule has 0 heterocycles. The second-order valence-electron chi connectivity index (χ2n) is 6.02. The molecule has 0 saturated heterocycles. The van der Waals surface area contributed by atoms with Crippen molar-refractivity contribution in [3.63, 3.8) is 0 Å². The highest BCUT2D eigenvalue weighted by Crippen LogP contribution is 2.34. The lowest BCUT2D eigenvalue weighted by Crippen LogP contribution is -2.10. The number of hydrogen-bond acceptors (Lipinski definition) is 2. The first-order chi connectivity index (χ1) is 9.27. The Morgan fingerprint density at radius 3 is 2.45 bits per heavy atom. The van der Waals surface area contributed by atoms with Gasteiger partial charge in [-0.05, 0) is 63.7 Å². The van der Waals surface area contributed by atoms with E-state index in [1.165, 1.54) is 5.56 Å². The van der Waals surface area contributed by atoms with Crippen molar-refractivity contribution < 1.29 is 4.74 Å². The fourth-order valence-electron chi connectivity index (χ4n) is 1.90. The summed E-state index contributed by atoms with van der Waals surface area (Å²) < 4.78 is 6.84. The molecule has 0 saturated carbocycles. The van der Waals surface area contributed by atoms with Crippen LogP contribution in [0, 0.1) is 6.92 Å². The van der Waals surface area contributed by atoms with Crippen molar-refractivity contribution in [1.29, 1.82) is 0 Å². The molecule has 0 aromatic heterocycles. The standard InChI is InChI=1S/C17H20BrNO/c1-11-8-16(14(18)10-15(11)19)20-13-7-5-6-12(9-13)17(2,3)4/h5-10H,19H2,1-4H3. The van der Waals surface area contributed by atoms with Gasteiger partial charge in [-0.3, -0.25) is 0 Å². The SMILES string of the molecule is Cc1cc(Oc2cccc(C(C)(C)C)c2)c(Br)cc1N. The molecule has 20 heavy (non-hydrogen) atoms. The zero-order valence-electron chi connectivity index (χ0n) is 12.3. The van der Waals surface area contributed by atoms with Gasteiger partial charge in [0.15, 0.2) is 0 Å². The number of ether oxygens (including phenoxy) is 1. The van der Waals surface area contributed by atoms with Gasteiger partial charge < -0.3 is 10.5 Å². The Morgan fingerprint density at radius 2 is 1.80 bits per heavy atom. The molecule has 0 spiro atoms. The van der Waals surface area contributed by atoms with Gasteiger partial charge in [0.25, 0.3) is 0 Å². The van der Waals surface area contributed by atoms with Crippen LogP contribution in [0.1, 0.15) is 31.9 Å². The third kappa shape index (κ3) is 3.34. The van der Waals surface area contributed by atoms with Crippen molar-refractivity contribution in [2.75, 3.05) is 5.73 Å². The van der Waals surface area contributed by atoms with Crippen molar-refractivity contribution in [3.05, 3.63) is 52.0 Å². The van der Waals surface area contributed by atoms with E-state index in [-0.39, 0.29) is 5.41 Å². The number of hydrogen-bond donors (Lipinski definition) is 1. The van der Waals surface area contributed by atoms with Crippen LogP contribution in [-0.2, 0) is 5.41 Å². The summed E-state index contributed by atoms with van der Waals surface area (Å²) in [6, 6.07) is 12.0. The Kier molecular flexibility index (Phi) is 4.09. The largest absolute Gasteiger partial charge is 0.456 e. The second kappa shape index (κ2) is 5.49. The number of nitrogens with two attached hydrogens (primary N) is 1. The highest BCUT2D eigenvalue weighted by atomic mass is 79.9. The van der Waals surface area contributed by atoms with E-state index in [4.69, 9.17) is 10.5 Å². The molecule has 2 nitrogen and oxygen atoms in total. The predicted octanol–water partition coefficient (Wildman–Crippen LogP) is 5.43. The topological polar surface area (TPSA) is 35.2 Å². The van der Waals surface area contributed by atoms with Gasteiger partial charge in [-0.2, -0.15) is 0 Å². The van der Waals surface area contributed by atoms with E-state index in [1.807, 2.05) is 31.2 Å². The van der Waals surface area contributed by atoms with E-state index in [2.05, 4.69) is 48.8 Å². The lowest BCUT2D eigenvalue weighted by Gasteiger charge is -2.20. The van der Waals surface area contributed by atoms with Crippen molar-refractivity contribution in [3.8, 4) is 11.5 Å². The Balaban J connectivity index is 2.33. The van der Waals surface area contributed by atoms with Crippen LogP contribution in [-0.4, -0.2) is 0 Å². The minimum absolute atomic E-state index is 0.105. The van der Waals surface area contributed by atoms with Gasteiger partial charge >= 0.3 is 0 Å². The molecule has 0 radical (unpaired) electrons.